The fourth-order valence-corrected chi connectivity index (χ4v) is 4.50. The van der Waals surface area contributed by atoms with E-state index in [9.17, 15) is 10.2 Å². The molecule has 0 aromatic heterocycles. The number of aliphatic hydroxyl groups is 2. The number of fused-ring (bicyclic) bond motifs is 2. The normalized spacial score (nSPS) is 13.3. The third-order valence-corrected chi connectivity index (χ3v) is 6.45. The van der Waals surface area contributed by atoms with E-state index >= 15 is 0 Å². The number of hydrogen-bond acceptors (Lipinski definition) is 4. The number of ether oxygens (including phenoxy) is 2. The highest BCUT2D eigenvalue weighted by Gasteiger charge is 2.18. The molecule has 0 heterocycles. The number of hydrogen-bond donors (Lipinski definition) is 2. The van der Waals surface area contributed by atoms with Crippen LogP contribution in [0.4, 0.5) is 0 Å². The molecule has 0 amide bonds. The molecule has 4 heteroatoms. The first kappa shape index (κ1) is 26.3. The first-order valence-electron chi connectivity index (χ1n) is 13.2. The fraction of sp³-hybridized carbons (Fsp3) is 0.533. The highest BCUT2D eigenvalue weighted by molar-refractivity contribution is 6.11. The Balaban J connectivity index is 1.79. The highest BCUT2D eigenvalue weighted by atomic mass is 16.5. The molecule has 3 rings (SSSR count). The third-order valence-electron chi connectivity index (χ3n) is 6.45. The van der Waals surface area contributed by atoms with E-state index in [4.69, 9.17) is 9.47 Å². The second-order valence-electron chi connectivity index (χ2n) is 9.38. The van der Waals surface area contributed by atoms with Gasteiger partial charge in [0, 0.05) is 21.5 Å². The molecule has 4 nitrogen and oxygen atoms in total. The monoisotopic (exact) mass is 466 g/mol. The van der Waals surface area contributed by atoms with E-state index in [1.54, 1.807) is 0 Å². The Bertz CT molecular complexity index is 863. The SMILES string of the molecule is CCCCCCC(O)COc1c2ccccc2c(OCC(O)CCCCCC)c2ccccc12. The van der Waals surface area contributed by atoms with E-state index in [1.807, 2.05) is 48.5 Å². The maximum absolute atomic E-state index is 10.5. The molecule has 0 fully saturated rings. The summed E-state index contributed by atoms with van der Waals surface area (Å²) in [5.74, 6) is 1.57. The quantitative estimate of drug-likeness (QED) is 0.170. The van der Waals surface area contributed by atoms with Crippen LogP contribution in [0.15, 0.2) is 48.5 Å². The maximum Gasteiger partial charge on any atom is 0.135 e. The summed E-state index contributed by atoms with van der Waals surface area (Å²) in [4.78, 5) is 0. The lowest BCUT2D eigenvalue weighted by molar-refractivity contribution is 0.0978. The summed E-state index contributed by atoms with van der Waals surface area (Å²) < 4.78 is 12.5. The molecular weight excluding hydrogens is 424 g/mol. The molecule has 0 aliphatic carbocycles. The zero-order valence-corrected chi connectivity index (χ0v) is 21.0. The summed E-state index contributed by atoms with van der Waals surface area (Å²) in [6, 6.07) is 16.2. The van der Waals surface area contributed by atoms with Crippen molar-refractivity contribution in [1.82, 2.24) is 0 Å². The number of benzene rings is 3. The van der Waals surface area contributed by atoms with Crippen LogP contribution in [0.3, 0.4) is 0 Å². The zero-order chi connectivity index (χ0) is 24.2. The average molecular weight is 467 g/mol. The first-order valence-corrected chi connectivity index (χ1v) is 13.2. The van der Waals surface area contributed by atoms with Gasteiger partial charge in [0.05, 0.1) is 12.2 Å². The molecular formula is C30H42O4. The summed E-state index contributed by atoms with van der Waals surface area (Å²) in [6.45, 7) is 4.93. The Kier molecular flexibility index (Phi) is 11.0. The van der Waals surface area contributed by atoms with Gasteiger partial charge in [-0.2, -0.15) is 0 Å². The van der Waals surface area contributed by atoms with Gasteiger partial charge in [0.2, 0.25) is 0 Å². The molecule has 3 aromatic rings. The van der Waals surface area contributed by atoms with Gasteiger partial charge in [-0.15, -0.1) is 0 Å². The van der Waals surface area contributed by atoms with Gasteiger partial charge in [0.25, 0.3) is 0 Å². The predicted octanol–water partition coefficient (Wildman–Crippen LogP) is 7.41. The standard InChI is InChI=1S/C30H42O4/c1-3-5-7-9-15-23(31)21-33-29-25-17-11-13-19-27(25)30(28-20-14-12-18-26(28)29)34-22-24(32)16-10-8-6-4-2/h11-14,17-20,23-24,31-32H,3-10,15-16,21-22H2,1-2H3. The van der Waals surface area contributed by atoms with Crippen molar-refractivity contribution in [1.29, 1.82) is 0 Å². The summed E-state index contributed by atoms with van der Waals surface area (Å²) in [5.41, 5.74) is 0. The van der Waals surface area contributed by atoms with Gasteiger partial charge in [-0.25, -0.2) is 0 Å². The summed E-state index contributed by atoms with van der Waals surface area (Å²) in [5, 5.41) is 24.8. The lowest BCUT2D eigenvalue weighted by Crippen LogP contribution is -2.18. The molecule has 34 heavy (non-hydrogen) atoms. The van der Waals surface area contributed by atoms with Gasteiger partial charge in [-0.05, 0) is 12.8 Å². The van der Waals surface area contributed by atoms with E-state index in [2.05, 4.69) is 13.8 Å². The number of rotatable bonds is 16. The lowest BCUT2D eigenvalue weighted by atomic mass is 10.0. The second-order valence-corrected chi connectivity index (χ2v) is 9.38. The zero-order valence-electron chi connectivity index (χ0n) is 21.0. The molecule has 2 unspecified atom stereocenters. The maximum atomic E-state index is 10.5. The lowest BCUT2D eigenvalue weighted by Gasteiger charge is -2.20. The molecule has 2 atom stereocenters. The molecule has 0 aliphatic heterocycles. The van der Waals surface area contributed by atoms with Gasteiger partial charge < -0.3 is 19.7 Å². The van der Waals surface area contributed by atoms with Crippen molar-refractivity contribution in [3.63, 3.8) is 0 Å². The van der Waals surface area contributed by atoms with Crippen molar-refractivity contribution in [2.24, 2.45) is 0 Å². The van der Waals surface area contributed by atoms with Crippen LogP contribution in [0.1, 0.15) is 78.1 Å². The van der Waals surface area contributed by atoms with Gasteiger partial charge in [0.15, 0.2) is 0 Å². The molecule has 3 aromatic carbocycles. The Morgan fingerprint density at radius 2 is 0.912 bits per heavy atom. The van der Waals surface area contributed by atoms with Crippen LogP contribution in [0.5, 0.6) is 11.5 Å². The molecule has 2 N–H and O–H groups in total. The van der Waals surface area contributed by atoms with E-state index in [0.717, 1.165) is 71.6 Å². The van der Waals surface area contributed by atoms with Crippen molar-refractivity contribution < 1.29 is 19.7 Å². The molecule has 186 valence electrons. The average Bonchev–Trinajstić information content (AvgIpc) is 2.86. The Hall–Kier alpha value is -2.30. The summed E-state index contributed by atoms with van der Waals surface area (Å²) in [6.07, 6.45) is 9.69. The van der Waals surface area contributed by atoms with Crippen molar-refractivity contribution in [2.45, 2.75) is 90.3 Å². The van der Waals surface area contributed by atoms with Crippen molar-refractivity contribution in [3.05, 3.63) is 48.5 Å². The molecule has 0 aliphatic rings. The van der Waals surface area contributed by atoms with Crippen LogP contribution < -0.4 is 9.47 Å². The Labute approximate surface area is 204 Å². The van der Waals surface area contributed by atoms with E-state index < -0.39 is 12.2 Å². The van der Waals surface area contributed by atoms with Crippen LogP contribution >= 0.6 is 0 Å². The van der Waals surface area contributed by atoms with Crippen molar-refractivity contribution >= 4 is 21.5 Å². The highest BCUT2D eigenvalue weighted by Crippen LogP contribution is 2.42. The van der Waals surface area contributed by atoms with E-state index in [-0.39, 0.29) is 13.2 Å². The summed E-state index contributed by atoms with van der Waals surface area (Å²) in [7, 11) is 0. The van der Waals surface area contributed by atoms with Gasteiger partial charge in [-0.3, -0.25) is 0 Å². The van der Waals surface area contributed by atoms with Crippen LogP contribution in [-0.4, -0.2) is 35.6 Å². The molecule has 0 bridgehead atoms. The smallest absolute Gasteiger partial charge is 0.135 e. The second kappa shape index (κ2) is 14.2. The minimum atomic E-state index is -0.479. The van der Waals surface area contributed by atoms with Crippen molar-refractivity contribution in [3.8, 4) is 11.5 Å². The fourth-order valence-electron chi connectivity index (χ4n) is 4.50. The van der Waals surface area contributed by atoms with E-state index in [1.165, 1.54) is 25.7 Å². The topological polar surface area (TPSA) is 58.9 Å². The van der Waals surface area contributed by atoms with E-state index in [0.29, 0.717) is 0 Å². The number of unbranched alkanes of at least 4 members (excludes halogenated alkanes) is 6. The molecule has 0 saturated heterocycles. The molecule has 0 saturated carbocycles. The van der Waals surface area contributed by atoms with Crippen LogP contribution in [0.2, 0.25) is 0 Å². The largest absolute Gasteiger partial charge is 0.490 e. The minimum Gasteiger partial charge on any atom is -0.490 e. The summed E-state index contributed by atoms with van der Waals surface area (Å²) >= 11 is 0. The predicted molar refractivity (Wildman–Crippen MR) is 142 cm³/mol. The van der Waals surface area contributed by atoms with Gasteiger partial charge in [-0.1, -0.05) is 114 Å². The van der Waals surface area contributed by atoms with Crippen LogP contribution in [-0.2, 0) is 0 Å². The Morgan fingerprint density at radius 3 is 1.24 bits per heavy atom. The van der Waals surface area contributed by atoms with Crippen molar-refractivity contribution in [2.75, 3.05) is 13.2 Å². The van der Waals surface area contributed by atoms with Crippen LogP contribution in [0, 0.1) is 0 Å². The number of aliphatic hydroxyl groups excluding tert-OH is 2. The Morgan fingerprint density at radius 1 is 0.559 bits per heavy atom. The molecule has 0 spiro atoms. The third kappa shape index (κ3) is 7.35. The van der Waals surface area contributed by atoms with Gasteiger partial charge >= 0.3 is 0 Å². The molecule has 0 radical (unpaired) electrons. The van der Waals surface area contributed by atoms with Crippen LogP contribution in [0.25, 0.3) is 21.5 Å². The first-order chi connectivity index (χ1) is 16.7. The minimum absolute atomic E-state index is 0.275. The van der Waals surface area contributed by atoms with Gasteiger partial charge in [0.1, 0.15) is 24.7 Å².